The van der Waals surface area contributed by atoms with Gasteiger partial charge in [-0.3, -0.25) is 4.79 Å². The second-order valence-electron chi connectivity index (χ2n) is 5.39. The number of fused-ring (bicyclic) bond motifs is 1. The lowest BCUT2D eigenvalue weighted by Gasteiger charge is -2.00. The van der Waals surface area contributed by atoms with Crippen molar-refractivity contribution in [2.75, 3.05) is 6.54 Å². The molecule has 0 atom stereocenters. The number of para-hydroxylation sites is 1. The largest absolute Gasteiger partial charge is 0.351 e. The fraction of sp³-hybridized carbons (Fsp3) is 0.176. The standard InChI is InChI=1S/C17H14N4O2S2/c1-10-19-15(23-21-10)8-9-18-16(22)13-6-7-14(24-13)17-20-11-4-2-3-5-12(11)25-17/h2-7H,8-9H2,1H3,(H,18,22). The second-order valence-corrected chi connectivity index (χ2v) is 7.51. The van der Waals surface area contributed by atoms with Gasteiger partial charge in [-0.15, -0.1) is 22.7 Å². The van der Waals surface area contributed by atoms with E-state index in [1.54, 1.807) is 18.3 Å². The average molecular weight is 370 g/mol. The molecule has 3 aromatic heterocycles. The van der Waals surface area contributed by atoms with Gasteiger partial charge in [0.1, 0.15) is 5.01 Å². The molecule has 3 heterocycles. The zero-order valence-electron chi connectivity index (χ0n) is 13.4. The quantitative estimate of drug-likeness (QED) is 0.579. The third-order valence-electron chi connectivity index (χ3n) is 3.53. The zero-order chi connectivity index (χ0) is 17.2. The number of nitrogens with one attached hydrogen (secondary N) is 1. The highest BCUT2D eigenvalue weighted by Gasteiger charge is 2.13. The minimum atomic E-state index is -0.103. The lowest BCUT2D eigenvalue weighted by atomic mass is 10.3. The molecule has 0 saturated carbocycles. The van der Waals surface area contributed by atoms with Gasteiger partial charge in [-0.25, -0.2) is 4.98 Å². The number of thiophene rings is 1. The Bertz CT molecular complexity index is 1000. The van der Waals surface area contributed by atoms with Gasteiger partial charge in [0.05, 0.1) is 20.0 Å². The Morgan fingerprint density at radius 1 is 1.16 bits per heavy atom. The number of rotatable bonds is 5. The maximum atomic E-state index is 12.3. The van der Waals surface area contributed by atoms with E-state index in [4.69, 9.17) is 4.52 Å². The van der Waals surface area contributed by atoms with Gasteiger partial charge >= 0.3 is 0 Å². The smallest absolute Gasteiger partial charge is 0.261 e. The van der Waals surface area contributed by atoms with Gasteiger partial charge in [0.15, 0.2) is 5.82 Å². The van der Waals surface area contributed by atoms with E-state index in [1.165, 1.54) is 11.3 Å². The van der Waals surface area contributed by atoms with Crippen LogP contribution in [0.15, 0.2) is 40.9 Å². The van der Waals surface area contributed by atoms with Crippen LogP contribution >= 0.6 is 22.7 Å². The topological polar surface area (TPSA) is 80.9 Å². The number of aromatic nitrogens is 3. The van der Waals surface area contributed by atoms with Crippen molar-refractivity contribution in [3.8, 4) is 9.88 Å². The minimum Gasteiger partial charge on any atom is -0.351 e. The molecule has 0 fully saturated rings. The molecule has 0 bridgehead atoms. The first-order chi connectivity index (χ1) is 12.2. The number of nitrogens with zero attached hydrogens (tertiary/aromatic N) is 3. The predicted octanol–water partition coefficient (Wildman–Crippen LogP) is 3.69. The summed E-state index contributed by atoms with van der Waals surface area (Å²) in [5, 5.41) is 7.54. The molecular weight excluding hydrogens is 356 g/mol. The van der Waals surface area contributed by atoms with E-state index >= 15 is 0 Å². The van der Waals surface area contributed by atoms with Crippen LogP contribution in [0.4, 0.5) is 0 Å². The van der Waals surface area contributed by atoms with Crippen molar-refractivity contribution in [1.29, 1.82) is 0 Å². The summed E-state index contributed by atoms with van der Waals surface area (Å²) in [5.74, 6) is 1.02. The number of hydrogen-bond donors (Lipinski definition) is 1. The van der Waals surface area contributed by atoms with Crippen molar-refractivity contribution in [3.05, 3.63) is 53.0 Å². The summed E-state index contributed by atoms with van der Waals surface area (Å²) in [6, 6.07) is 11.8. The Labute approximate surface area is 151 Å². The molecule has 0 aliphatic carbocycles. The molecule has 8 heteroatoms. The molecule has 25 heavy (non-hydrogen) atoms. The highest BCUT2D eigenvalue weighted by Crippen LogP contribution is 2.34. The summed E-state index contributed by atoms with van der Waals surface area (Å²) in [6.07, 6.45) is 0.517. The maximum absolute atomic E-state index is 12.3. The van der Waals surface area contributed by atoms with Crippen LogP contribution in [-0.2, 0) is 6.42 Å². The summed E-state index contributed by atoms with van der Waals surface area (Å²) in [6.45, 7) is 2.22. The lowest BCUT2D eigenvalue weighted by Crippen LogP contribution is -2.24. The minimum absolute atomic E-state index is 0.103. The van der Waals surface area contributed by atoms with Crippen molar-refractivity contribution in [1.82, 2.24) is 20.4 Å². The average Bonchev–Trinajstić information content (AvgIpc) is 3.33. The SMILES string of the molecule is Cc1noc(CCNC(=O)c2ccc(-c3nc4ccccc4s3)s2)n1. The van der Waals surface area contributed by atoms with E-state index in [2.05, 4.69) is 26.5 Å². The van der Waals surface area contributed by atoms with Gasteiger partial charge in [0, 0.05) is 13.0 Å². The van der Waals surface area contributed by atoms with Crippen LogP contribution < -0.4 is 5.32 Å². The number of carbonyl (C=O) groups excluding carboxylic acids is 1. The van der Waals surface area contributed by atoms with Crippen molar-refractivity contribution < 1.29 is 9.32 Å². The molecule has 0 radical (unpaired) electrons. The summed E-state index contributed by atoms with van der Waals surface area (Å²) in [4.78, 5) is 22.7. The van der Waals surface area contributed by atoms with Gasteiger partial charge in [-0.2, -0.15) is 4.98 Å². The van der Waals surface area contributed by atoms with Crippen LogP contribution in [0.25, 0.3) is 20.1 Å². The summed E-state index contributed by atoms with van der Waals surface area (Å²) >= 11 is 3.08. The molecule has 0 unspecified atom stereocenters. The first-order valence-electron chi connectivity index (χ1n) is 7.72. The molecule has 6 nitrogen and oxygen atoms in total. The van der Waals surface area contributed by atoms with E-state index in [0.717, 1.165) is 20.1 Å². The van der Waals surface area contributed by atoms with Crippen LogP contribution in [0.5, 0.6) is 0 Å². The number of carbonyl (C=O) groups is 1. The van der Waals surface area contributed by atoms with Gasteiger partial charge in [-0.05, 0) is 31.2 Å². The molecule has 0 saturated heterocycles. The molecule has 1 aromatic carbocycles. The molecule has 0 aliphatic heterocycles. The van der Waals surface area contributed by atoms with Crippen LogP contribution in [-0.4, -0.2) is 27.6 Å². The normalized spacial score (nSPS) is 11.1. The number of aryl methyl sites for hydroxylation is 1. The van der Waals surface area contributed by atoms with E-state index in [9.17, 15) is 4.79 Å². The zero-order valence-corrected chi connectivity index (χ0v) is 15.0. The van der Waals surface area contributed by atoms with E-state index in [0.29, 0.717) is 29.6 Å². The Hall–Kier alpha value is -2.58. The Morgan fingerprint density at radius 2 is 2.04 bits per heavy atom. The first kappa shape index (κ1) is 15.9. The molecule has 4 rings (SSSR count). The number of hydrogen-bond acceptors (Lipinski definition) is 7. The lowest BCUT2D eigenvalue weighted by molar-refractivity contribution is 0.0957. The molecule has 4 aromatic rings. The third-order valence-corrected chi connectivity index (χ3v) is 5.82. The van der Waals surface area contributed by atoms with Crippen molar-refractivity contribution in [3.63, 3.8) is 0 Å². The Kier molecular flexibility index (Phi) is 4.29. The highest BCUT2D eigenvalue weighted by molar-refractivity contribution is 7.26. The van der Waals surface area contributed by atoms with E-state index in [1.807, 2.05) is 30.3 Å². The monoisotopic (exact) mass is 370 g/mol. The molecule has 1 N–H and O–H groups in total. The predicted molar refractivity (Wildman–Crippen MR) is 98.0 cm³/mol. The highest BCUT2D eigenvalue weighted by atomic mass is 32.1. The van der Waals surface area contributed by atoms with Crippen LogP contribution in [0.1, 0.15) is 21.4 Å². The fourth-order valence-corrected chi connectivity index (χ4v) is 4.31. The molecule has 126 valence electrons. The Balaban J connectivity index is 1.42. The fourth-order valence-electron chi connectivity index (χ4n) is 2.36. The third kappa shape index (κ3) is 3.45. The van der Waals surface area contributed by atoms with E-state index < -0.39 is 0 Å². The van der Waals surface area contributed by atoms with Gasteiger partial charge in [0.2, 0.25) is 5.89 Å². The van der Waals surface area contributed by atoms with Crippen LogP contribution in [0.3, 0.4) is 0 Å². The molecule has 1 amide bonds. The maximum Gasteiger partial charge on any atom is 0.261 e. The first-order valence-corrected chi connectivity index (χ1v) is 9.35. The van der Waals surface area contributed by atoms with Crippen LogP contribution in [0.2, 0.25) is 0 Å². The summed E-state index contributed by atoms with van der Waals surface area (Å²) < 4.78 is 6.17. The van der Waals surface area contributed by atoms with E-state index in [-0.39, 0.29) is 5.91 Å². The molecule has 0 aliphatic rings. The molecular formula is C17H14N4O2S2. The summed E-state index contributed by atoms with van der Waals surface area (Å²) in [5.41, 5.74) is 0.983. The Morgan fingerprint density at radius 3 is 2.84 bits per heavy atom. The van der Waals surface area contributed by atoms with Gasteiger partial charge in [0.25, 0.3) is 5.91 Å². The summed E-state index contributed by atoms with van der Waals surface area (Å²) in [7, 11) is 0. The van der Waals surface area contributed by atoms with Crippen molar-refractivity contribution in [2.24, 2.45) is 0 Å². The van der Waals surface area contributed by atoms with Gasteiger partial charge < -0.3 is 9.84 Å². The number of amides is 1. The van der Waals surface area contributed by atoms with Crippen molar-refractivity contribution >= 4 is 38.8 Å². The van der Waals surface area contributed by atoms with Gasteiger partial charge in [-0.1, -0.05) is 17.3 Å². The number of benzene rings is 1. The molecule has 0 spiro atoms. The number of thiazole rings is 1. The van der Waals surface area contributed by atoms with Crippen molar-refractivity contribution in [2.45, 2.75) is 13.3 Å². The van der Waals surface area contributed by atoms with Crippen LogP contribution in [0, 0.1) is 6.92 Å². The second kappa shape index (κ2) is 6.73.